The quantitative estimate of drug-likeness (QED) is 0.479. The highest BCUT2D eigenvalue weighted by Gasteiger charge is 2.17. The summed E-state index contributed by atoms with van der Waals surface area (Å²) < 4.78 is 0. The number of hydrogen-bond acceptors (Lipinski definition) is 4. The van der Waals surface area contributed by atoms with E-state index < -0.39 is 0 Å². The van der Waals surface area contributed by atoms with Gasteiger partial charge in [-0.3, -0.25) is 9.59 Å². The average Bonchev–Trinajstić information content (AvgIpc) is 2.72. The highest BCUT2D eigenvalue weighted by molar-refractivity contribution is 5.94. The zero-order chi connectivity index (χ0) is 20.2. The summed E-state index contributed by atoms with van der Waals surface area (Å²) in [5.41, 5.74) is 11.0. The van der Waals surface area contributed by atoms with E-state index in [1.165, 1.54) is 11.1 Å². The van der Waals surface area contributed by atoms with E-state index >= 15 is 0 Å². The highest BCUT2D eigenvalue weighted by Crippen LogP contribution is 2.22. The van der Waals surface area contributed by atoms with Crippen molar-refractivity contribution < 1.29 is 9.59 Å². The van der Waals surface area contributed by atoms with E-state index in [-0.39, 0.29) is 11.8 Å². The Morgan fingerprint density at radius 2 is 2.14 bits per heavy atom. The molecule has 1 aromatic carbocycles. The summed E-state index contributed by atoms with van der Waals surface area (Å²) in [5.74, 6) is 0.616. The van der Waals surface area contributed by atoms with Crippen molar-refractivity contribution in [3.63, 3.8) is 0 Å². The Balaban J connectivity index is 1.35. The van der Waals surface area contributed by atoms with Gasteiger partial charge in [0, 0.05) is 37.5 Å². The molecule has 2 amide bonds. The molecule has 2 aliphatic heterocycles. The third-order valence-electron chi connectivity index (χ3n) is 5.28. The molecule has 148 valence electrons. The summed E-state index contributed by atoms with van der Waals surface area (Å²) in [5, 5.41) is 2.77. The van der Waals surface area contributed by atoms with Crippen LogP contribution in [-0.4, -0.2) is 34.8 Å². The van der Waals surface area contributed by atoms with E-state index in [1.54, 1.807) is 18.3 Å². The number of nitrogen functional groups attached to an aromatic ring is 1. The first-order valence-corrected chi connectivity index (χ1v) is 9.85. The number of anilines is 2. The molecule has 0 spiro atoms. The molecule has 0 radical (unpaired) electrons. The number of fused-ring (bicyclic) bond motifs is 1. The van der Waals surface area contributed by atoms with Gasteiger partial charge in [0.25, 0.3) is 0 Å². The summed E-state index contributed by atoms with van der Waals surface area (Å²) in [6.07, 6.45) is 10.1. The second-order valence-electron chi connectivity index (χ2n) is 7.48. The van der Waals surface area contributed by atoms with E-state index in [4.69, 9.17) is 5.73 Å². The van der Waals surface area contributed by atoms with Crippen molar-refractivity contribution in [2.24, 2.45) is 0 Å². The lowest BCUT2D eigenvalue weighted by Crippen LogP contribution is -2.33. The van der Waals surface area contributed by atoms with Gasteiger partial charge in [-0.2, -0.15) is 0 Å². The first-order chi connectivity index (χ1) is 14.1. The molecular formula is C23H24N4O2. The molecule has 2 aromatic rings. The van der Waals surface area contributed by atoms with Crippen molar-refractivity contribution in [2.75, 3.05) is 24.1 Å². The first kappa shape index (κ1) is 18.9. The second-order valence-corrected chi connectivity index (χ2v) is 7.48. The number of nitrogens with zero attached hydrogens (tertiary/aromatic N) is 2. The van der Waals surface area contributed by atoms with Gasteiger partial charge in [-0.05, 0) is 60.2 Å². The number of aryl methyl sites for hydroxylation is 1. The number of hydrogen-bond donors (Lipinski definition) is 2. The highest BCUT2D eigenvalue weighted by atomic mass is 16.2. The van der Waals surface area contributed by atoms with Crippen LogP contribution in [-0.2, 0) is 22.4 Å². The van der Waals surface area contributed by atoms with Gasteiger partial charge in [-0.1, -0.05) is 23.8 Å². The van der Waals surface area contributed by atoms with Crippen LogP contribution in [0.25, 0.3) is 6.08 Å². The Labute approximate surface area is 170 Å². The molecular weight excluding hydrogens is 364 g/mol. The molecule has 0 bridgehead atoms. The molecule has 0 fully saturated rings. The second kappa shape index (κ2) is 8.31. The molecule has 29 heavy (non-hydrogen) atoms. The van der Waals surface area contributed by atoms with Crippen LogP contribution >= 0.6 is 0 Å². The molecule has 4 rings (SSSR count). The van der Waals surface area contributed by atoms with Crippen molar-refractivity contribution in [3.05, 3.63) is 70.9 Å². The molecule has 0 saturated heterocycles. The monoisotopic (exact) mass is 388 g/mol. The molecule has 6 heteroatoms. The van der Waals surface area contributed by atoms with Crippen LogP contribution in [0.2, 0.25) is 0 Å². The lowest BCUT2D eigenvalue weighted by Gasteiger charge is -2.25. The van der Waals surface area contributed by atoms with Crippen LogP contribution in [0.3, 0.4) is 0 Å². The fourth-order valence-electron chi connectivity index (χ4n) is 3.68. The predicted octanol–water partition coefficient (Wildman–Crippen LogP) is 2.96. The lowest BCUT2D eigenvalue weighted by atomic mass is 9.99. The molecule has 0 aliphatic carbocycles. The van der Waals surface area contributed by atoms with E-state index in [9.17, 15) is 9.59 Å². The zero-order valence-electron chi connectivity index (χ0n) is 16.2. The Kier molecular flexibility index (Phi) is 5.42. The van der Waals surface area contributed by atoms with Crippen molar-refractivity contribution in [1.82, 2.24) is 9.88 Å². The average molecular weight is 388 g/mol. The minimum absolute atomic E-state index is 0.00303. The standard InChI is InChI=1S/C23H24N4O2/c24-20-3-1-2-17(14-20)12-16-8-10-27(11-9-16)22(29)7-4-18-13-19-5-6-21(28)26-23(19)25-15-18/h1-4,7-8,13-15H,5-6,9-12,24H2,(H,25,26,28). The normalized spacial score (nSPS) is 16.3. The summed E-state index contributed by atoms with van der Waals surface area (Å²) in [4.78, 5) is 30.1. The fourth-order valence-corrected chi connectivity index (χ4v) is 3.68. The maximum absolute atomic E-state index is 12.5. The number of rotatable bonds is 4. The zero-order valence-corrected chi connectivity index (χ0v) is 16.2. The fraction of sp³-hybridized carbons (Fsp3) is 0.261. The third kappa shape index (κ3) is 4.71. The topological polar surface area (TPSA) is 88.3 Å². The Hall–Kier alpha value is -3.41. The number of amides is 2. The number of aromatic nitrogens is 1. The van der Waals surface area contributed by atoms with Crippen LogP contribution in [0.15, 0.2) is 54.3 Å². The lowest BCUT2D eigenvalue weighted by molar-refractivity contribution is -0.125. The summed E-state index contributed by atoms with van der Waals surface area (Å²) in [6.45, 7) is 1.33. The molecule has 6 nitrogen and oxygen atoms in total. The number of carbonyl (C=O) groups is 2. The van der Waals surface area contributed by atoms with Crippen LogP contribution < -0.4 is 11.1 Å². The van der Waals surface area contributed by atoms with Gasteiger partial charge in [0.05, 0.1) is 0 Å². The SMILES string of the molecule is Nc1cccc(CC2=CCN(C(=O)C=Cc3cnc4c(c3)CCC(=O)N4)CC2)c1. The molecule has 0 unspecified atom stereocenters. The minimum Gasteiger partial charge on any atom is -0.399 e. The molecule has 0 saturated carbocycles. The van der Waals surface area contributed by atoms with Gasteiger partial charge >= 0.3 is 0 Å². The van der Waals surface area contributed by atoms with Crippen molar-refractivity contribution in [3.8, 4) is 0 Å². The van der Waals surface area contributed by atoms with Crippen LogP contribution in [0.5, 0.6) is 0 Å². The van der Waals surface area contributed by atoms with E-state index in [2.05, 4.69) is 22.4 Å². The largest absolute Gasteiger partial charge is 0.399 e. The van der Waals surface area contributed by atoms with Crippen molar-refractivity contribution in [2.45, 2.75) is 25.7 Å². The molecule has 2 aliphatic rings. The van der Waals surface area contributed by atoms with Crippen LogP contribution in [0.4, 0.5) is 11.5 Å². The Bertz CT molecular complexity index is 1010. The molecule has 0 atom stereocenters. The number of carbonyl (C=O) groups excluding carboxylic acids is 2. The van der Waals surface area contributed by atoms with Gasteiger partial charge in [-0.25, -0.2) is 4.98 Å². The smallest absolute Gasteiger partial charge is 0.246 e. The minimum atomic E-state index is -0.00437. The summed E-state index contributed by atoms with van der Waals surface area (Å²) in [7, 11) is 0. The van der Waals surface area contributed by atoms with E-state index in [0.29, 0.717) is 31.7 Å². The number of benzene rings is 1. The molecule has 1 aromatic heterocycles. The van der Waals surface area contributed by atoms with Crippen LogP contribution in [0, 0.1) is 0 Å². The Morgan fingerprint density at radius 3 is 2.93 bits per heavy atom. The Morgan fingerprint density at radius 1 is 1.24 bits per heavy atom. The predicted molar refractivity (Wildman–Crippen MR) is 114 cm³/mol. The number of nitrogens with two attached hydrogens (primary N) is 1. The van der Waals surface area contributed by atoms with Gasteiger partial charge < -0.3 is 16.0 Å². The van der Waals surface area contributed by atoms with E-state index in [0.717, 1.165) is 29.7 Å². The van der Waals surface area contributed by atoms with Crippen molar-refractivity contribution >= 4 is 29.4 Å². The molecule has 3 N–H and O–H groups in total. The molecule has 3 heterocycles. The number of pyridine rings is 1. The third-order valence-corrected chi connectivity index (χ3v) is 5.28. The van der Waals surface area contributed by atoms with Gasteiger partial charge in [0.2, 0.25) is 11.8 Å². The van der Waals surface area contributed by atoms with Gasteiger partial charge in [0.15, 0.2) is 0 Å². The van der Waals surface area contributed by atoms with Gasteiger partial charge in [-0.15, -0.1) is 0 Å². The maximum Gasteiger partial charge on any atom is 0.246 e. The first-order valence-electron chi connectivity index (χ1n) is 9.85. The number of nitrogens with one attached hydrogen (secondary N) is 1. The summed E-state index contributed by atoms with van der Waals surface area (Å²) >= 11 is 0. The van der Waals surface area contributed by atoms with Crippen LogP contribution in [0.1, 0.15) is 29.5 Å². The van der Waals surface area contributed by atoms with E-state index in [1.807, 2.05) is 29.2 Å². The van der Waals surface area contributed by atoms with Crippen molar-refractivity contribution in [1.29, 1.82) is 0 Å². The maximum atomic E-state index is 12.5. The van der Waals surface area contributed by atoms with Gasteiger partial charge in [0.1, 0.15) is 5.82 Å². The summed E-state index contributed by atoms with van der Waals surface area (Å²) in [6, 6.07) is 9.91.